The van der Waals surface area contributed by atoms with Gasteiger partial charge in [0, 0.05) is 42.1 Å². The van der Waals surface area contributed by atoms with Gasteiger partial charge in [0.1, 0.15) is 5.82 Å². The maximum absolute atomic E-state index is 14.8. The van der Waals surface area contributed by atoms with Crippen LogP contribution in [-0.4, -0.2) is 49.6 Å². The molecular weight excluding hydrogens is 588 g/mol. The number of anilines is 1. The highest BCUT2D eigenvalue weighted by atomic mass is 19.4. The summed E-state index contributed by atoms with van der Waals surface area (Å²) in [5.41, 5.74) is -0.388. The fourth-order valence-corrected chi connectivity index (χ4v) is 6.30. The molecule has 4 heterocycles. The van der Waals surface area contributed by atoms with Gasteiger partial charge in [0.05, 0.1) is 29.1 Å². The number of likely N-dealkylation sites (tertiary alicyclic amines) is 1. The molecule has 6 rings (SSSR count). The Morgan fingerprint density at radius 3 is 2.32 bits per heavy atom. The van der Waals surface area contributed by atoms with Crippen molar-refractivity contribution in [1.29, 1.82) is 0 Å². The highest BCUT2D eigenvalue weighted by molar-refractivity contribution is 6.02. The van der Waals surface area contributed by atoms with E-state index in [4.69, 9.17) is 0 Å². The Morgan fingerprint density at radius 2 is 1.68 bits per heavy atom. The molecular formula is C31H25F6N5O2. The first-order valence-electron chi connectivity index (χ1n) is 13.8. The third kappa shape index (κ3) is 4.99. The fourth-order valence-electron chi connectivity index (χ4n) is 6.30. The Balaban J connectivity index is 1.32. The molecule has 44 heavy (non-hydrogen) atoms. The maximum atomic E-state index is 14.8. The minimum atomic E-state index is -4.89. The van der Waals surface area contributed by atoms with Crippen molar-refractivity contribution in [1.82, 2.24) is 19.7 Å². The number of halogens is 6. The van der Waals surface area contributed by atoms with E-state index >= 15 is 0 Å². The molecule has 2 aliphatic heterocycles. The molecule has 0 spiro atoms. The molecule has 0 bridgehead atoms. The highest BCUT2D eigenvalue weighted by Gasteiger charge is 2.43. The van der Waals surface area contributed by atoms with Crippen LogP contribution in [0.3, 0.4) is 0 Å². The van der Waals surface area contributed by atoms with Gasteiger partial charge in [0.15, 0.2) is 17.3 Å². The second kappa shape index (κ2) is 10.8. The van der Waals surface area contributed by atoms with E-state index in [9.17, 15) is 35.9 Å². The van der Waals surface area contributed by atoms with Crippen LogP contribution in [0.2, 0.25) is 0 Å². The van der Waals surface area contributed by atoms with Gasteiger partial charge in [0.25, 0.3) is 5.91 Å². The smallest absolute Gasteiger partial charge is 0.332 e. The standard InChI is InChI=1S/C31H25F6N5O2/c1-16-10-21(41-27(43)12-18-5-8-23(32)28(34)29(18)41)11-17(2)40(16)30(44)25-14-26(19-4-3-9-38-15-19)42(39-25)20-6-7-22(24(33)13-20)31(35,36)37/h3-9,13-17,21H,10-12H2,1-2H3. The van der Waals surface area contributed by atoms with Crippen LogP contribution in [0, 0.1) is 17.5 Å². The van der Waals surface area contributed by atoms with Gasteiger partial charge in [-0.15, -0.1) is 0 Å². The molecule has 2 unspecified atom stereocenters. The van der Waals surface area contributed by atoms with Crippen LogP contribution in [0.5, 0.6) is 0 Å². The van der Waals surface area contributed by atoms with Crippen LogP contribution in [0.1, 0.15) is 48.3 Å². The van der Waals surface area contributed by atoms with Crippen LogP contribution in [0.4, 0.5) is 32.0 Å². The van der Waals surface area contributed by atoms with Gasteiger partial charge in [0.2, 0.25) is 5.91 Å². The summed E-state index contributed by atoms with van der Waals surface area (Å²) in [7, 11) is 0. The number of nitrogens with zero attached hydrogens (tertiary/aromatic N) is 5. The van der Waals surface area contributed by atoms with Crippen molar-refractivity contribution >= 4 is 17.5 Å². The summed E-state index contributed by atoms with van der Waals surface area (Å²) in [5.74, 6) is -4.47. The molecule has 0 N–H and O–H groups in total. The van der Waals surface area contributed by atoms with Crippen molar-refractivity contribution < 1.29 is 35.9 Å². The fraction of sp³-hybridized carbons (Fsp3) is 0.290. The lowest BCUT2D eigenvalue weighted by Crippen LogP contribution is -2.56. The molecule has 0 saturated carbocycles. The van der Waals surface area contributed by atoms with Crippen LogP contribution in [0.25, 0.3) is 16.9 Å². The van der Waals surface area contributed by atoms with Gasteiger partial charge in [-0.25, -0.2) is 17.9 Å². The van der Waals surface area contributed by atoms with Crippen molar-refractivity contribution in [3.63, 3.8) is 0 Å². The summed E-state index contributed by atoms with van der Waals surface area (Å²) in [6.45, 7) is 3.54. The number of benzene rings is 2. The van der Waals surface area contributed by atoms with E-state index in [1.165, 1.54) is 34.1 Å². The molecule has 1 saturated heterocycles. The summed E-state index contributed by atoms with van der Waals surface area (Å²) in [6.07, 6.45) is -1.39. The molecule has 228 valence electrons. The molecule has 2 amide bonds. The number of rotatable bonds is 4. The van der Waals surface area contributed by atoms with Crippen LogP contribution < -0.4 is 4.90 Å². The minimum Gasteiger partial charge on any atom is -0.332 e. The summed E-state index contributed by atoms with van der Waals surface area (Å²) < 4.78 is 84.2. The minimum absolute atomic E-state index is 0.0336. The van der Waals surface area contributed by atoms with Gasteiger partial charge in [-0.2, -0.15) is 18.3 Å². The predicted octanol–water partition coefficient (Wildman–Crippen LogP) is 6.34. The number of aromatic nitrogens is 3. The van der Waals surface area contributed by atoms with E-state index in [1.807, 2.05) is 0 Å². The van der Waals surface area contributed by atoms with Gasteiger partial charge in [-0.3, -0.25) is 14.6 Å². The number of pyridine rings is 1. The molecule has 13 heteroatoms. The third-order valence-electron chi connectivity index (χ3n) is 8.17. The van der Waals surface area contributed by atoms with E-state index < -0.39 is 53.2 Å². The first-order chi connectivity index (χ1) is 20.8. The molecule has 4 aromatic rings. The van der Waals surface area contributed by atoms with E-state index in [1.54, 1.807) is 30.9 Å². The second-order valence-electron chi connectivity index (χ2n) is 11.1. The number of amides is 2. The first kappa shape index (κ1) is 29.4. The Labute approximate surface area is 247 Å². The molecule has 2 aliphatic rings. The molecule has 7 nitrogen and oxygen atoms in total. The van der Waals surface area contributed by atoms with Crippen molar-refractivity contribution in [2.45, 2.75) is 57.4 Å². The lowest BCUT2D eigenvalue weighted by Gasteiger charge is -2.45. The Hall–Kier alpha value is -4.68. The SMILES string of the molecule is CC1CC(N2C(=O)Cc3ccc(F)c(F)c32)CC(C)N1C(=O)c1cc(-c2cccnc2)n(-c2ccc(C(F)(F)F)c(F)c2)n1. The summed E-state index contributed by atoms with van der Waals surface area (Å²) in [4.78, 5) is 33.8. The van der Waals surface area contributed by atoms with Crippen LogP contribution in [0.15, 0.2) is 60.9 Å². The van der Waals surface area contributed by atoms with E-state index in [0.29, 0.717) is 29.0 Å². The number of alkyl halides is 3. The molecule has 2 atom stereocenters. The summed E-state index contributed by atoms with van der Waals surface area (Å²) in [5, 5.41) is 4.39. The van der Waals surface area contributed by atoms with Crippen molar-refractivity contribution in [2.75, 3.05) is 4.90 Å². The quantitative estimate of drug-likeness (QED) is 0.252. The summed E-state index contributed by atoms with van der Waals surface area (Å²) >= 11 is 0. The third-order valence-corrected chi connectivity index (χ3v) is 8.17. The summed E-state index contributed by atoms with van der Waals surface area (Å²) in [6, 6.07) is 8.12. The average Bonchev–Trinajstić information content (AvgIpc) is 3.56. The van der Waals surface area contributed by atoms with Gasteiger partial charge in [-0.1, -0.05) is 6.07 Å². The van der Waals surface area contributed by atoms with E-state index in [0.717, 1.165) is 12.1 Å². The number of piperidine rings is 1. The Bertz CT molecular complexity index is 1760. The lowest BCUT2D eigenvalue weighted by atomic mass is 9.91. The van der Waals surface area contributed by atoms with E-state index in [-0.39, 0.29) is 42.2 Å². The average molecular weight is 614 g/mol. The van der Waals surface area contributed by atoms with Gasteiger partial charge >= 0.3 is 6.18 Å². The number of carbonyl (C=O) groups is 2. The topological polar surface area (TPSA) is 71.3 Å². The molecule has 1 fully saturated rings. The molecule has 0 radical (unpaired) electrons. The van der Waals surface area contributed by atoms with Crippen molar-refractivity contribution in [3.8, 4) is 16.9 Å². The Morgan fingerprint density at radius 1 is 0.955 bits per heavy atom. The van der Waals surface area contributed by atoms with Crippen LogP contribution in [-0.2, 0) is 17.4 Å². The number of hydrogen-bond donors (Lipinski definition) is 0. The maximum Gasteiger partial charge on any atom is 0.419 e. The van der Waals surface area contributed by atoms with Crippen molar-refractivity contribution in [2.24, 2.45) is 0 Å². The zero-order valence-corrected chi connectivity index (χ0v) is 23.4. The van der Waals surface area contributed by atoms with E-state index in [2.05, 4.69) is 10.1 Å². The van der Waals surface area contributed by atoms with Crippen molar-refractivity contribution in [3.05, 3.63) is 95.2 Å². The highest BCUT2D eigenvalue weighted by Crippen LogP contribution is 2.39. The molecule has 0 aliphatic carbocycles. The first-order valence-corrected chi connectivity index (χ1v) is 13.8. The normalized spacial score (nSPS) is 20.3. The Kier molecular flexibility index (Phi) is 7.21. The zero-order chi connectivity index (χ0) is 31.5. The molecule has 2 aromatic carbocycles. The number of hydrogen-bond acceptors (Lipinski definition) is 4. The monoisotopic (exact) mass is 613 g/mol. The number of fused-ring (bicyclic) bond motifs is 1. The predicted molar refractivity (Wildman–Crippen MR) is 147 cm³/mol. The largest absolute Gasteiger partial charge is 0.419 e. The number of carbonyl (C=O) groups excluding carboxylic acids is 2. The molecule has 2 aromatic heterocycles. The van der Waals surface area contributed by atoms with Gasteiger partial charge in [-0.05, 0) is 68.7 Å². The lowest BCUT2D eigenvalue weighted by molar-refractivity contribution is -0.140. The second-order valence-corrected chi connectivity index (χ2v) is 11.1. The zero-order valence-electron chi connectivity index (χ0n) is 23.4. The van der Waals surface area contributed by atoms with Gasteiger partial charge < -0.3 is 9.80 Å². The van der Waals surface area contributed by atoms with Crippen LogP contribution >= 0.6 is 0 Å².